The first kappa shape index (κ1) is 10.0. The van der Waals surface area contributed by atoms with E-state index >= 15 is 0 Å². The molecule has 1 aliphatic rings. The molecule has 2 heterocycles. The Balaban J connectivity index is 2.56. The maximum atomic E-state index is 11.7. The Kier molecular flexibility index (Phi) is 2.17. The highest BCUT2D eigenvalue weighted by Crippen LogP contribution is 2.33. The average Bonchev–Trinajstić information content (AvgIpc) is 2.51. The van der Waals surface area contributed by atoms with Gasteiger partial charge in [0.15, 0.2) is 5.82 Å². The Morgan fingerprint density at radius 1 is 1.47 bits per heavy atom. The SMILES string of the molecule is CCc1nn(C)c2c1NC(=O)C(C)N2C. The number of aryl methyl sites for hydroxylation is 2. The molecule has 0 fully saturated rings. The van der Waals surface area contributed by atoms with Crippen molar-refractivity contribution in [2.45, 2.75) is 26.3 Å². The second kappa shape index (κ2) is 3.25. The van der Waals surface area contributed by atoms with Crippen molar-refractivity contribution in [1.82, 2.24) is 9.78 Å². The quantitative estimate of drug-likeness (QED) is 0.741. The standard InChI is InChI=1S/C10H16N4O/c1-5-7-8-10(14(4)12-7)13(3)6(2)9(15)11-8/h6H,5H2,1-4H3,(H,11,15). The summed E-state index contributed by atoms with van der Waals surface area (Å²) >= 11 is 0. The monoisotopic (exact) mass is 208 g/mol. The molecule has 1 aromatic rings. The molecule has 0 aliphatic carbocycles. The van der Waals surface area contributed by atoms with Gasteiger partial charge in [0, 0.05) is 14.1 Å². The van der Waals surface area contributed by atoms with Gasteiger partial charge in [0.25, 0.3) is 0 Å². The number of nitrogens with one attached hydrogen (secondary N) is 1. The second-order valence-corrected chi connectivity index (χ2v) is 3.90. The molecular formula is C10H16N4O. The summed E-state index contributed by atoms with van der Waals surface area (Å²) in [7, 11) is 3.82. The third-order valence-electron chi connectivity index (χ3n) is 2.97. The van der Waals surface area contributed by atoms with Gasteiger partial charge in [0.2, 0.25) is 5.91 Å². The highest BCUT2D eigenvalue weighted by molar-refractivity contribution is 6.03. The van der Waals surface area contributed by atoms with Gasteiger partial charge in [-0.3, -0.25) is 9.48 Å². The molecule has 0 radical (unpaired) electrons. The maximum absolute atomic E-state index is 11.7. The molecule has 0 bridgehead atoms. The van der Waals surface area contributed by atoms with Crippen LogP contribution in [-0.4, -0.2) is 28.8 Å². The zero-order valence-corrected chi connectivity index (χ0v) is 9.53. The molecule has 15 heavy (non-hydrogen) atoms. The first-order valence-corrected chi connectivity index (χ1v) is 5.15. The van der Waals surface area contributed by atoms with Gasteiger partial charge in [0.1, 0.15) is 11.7 Å². The Bertz CT molecular complexity index is 410. The second-order valence-electron chi connectivity index (χ2n) is 3.90. The van der Waals surface area contributed by atoms with Gasteiger partial charge in [-0.25, -0.2) is 0 Å². The van der Waals surface area contributed by atoms with Crippen LogP contribution in [0.1, 0.15) is 19.5 Å². The normalized spacial score (nSPS) is 20.1. The molecule has 1 N–H and O–H groups in total. The van der Waals surface area contributed by atoms with Gasteiger partial charge in [-0.2, -0.15) is 5.10 Å². The summed E-state index contributed by atoms with van der Waals surface area (Å²) < 4.78 is 1.82. The fourth-order valence-electron chi connectivity index (χ4n) is 1.94. The van der Waals surface area contributed by atoms with E-state index in [0.29, 0.717) is 0 Å². The fourth-order valence-corrected chi connectivity index (χ4v) is 1.94. The number of hydrogen-bond acceptors (Lipinski definition) is 3. The van der Waals surface area contributed by atoms with Crippen molar-refractivity contribution in [3.63, 3.8) is 0 Å². The first-order chi connectivity index (χ1) is 7.06. The number of amides is 1. The van der Waals surface area contributed by atoms with Crippen molar-refractivity contribution in [2.75, 3.05) is 17.3 Å². The molecule has 1 aliphatic heterocycles. The van der Waals surface area contributed by atoms with E-state index in [4.69, 9.17) is 0 Å². The zero-order valence-electron chi connectivity index (χ0n) is 9.53. The van der Waals surface area contributed by atoms with Crippen molar-refractivity contribution in [1.29, 1.82) is 0 Å². The number of rotatable bonds is 1. The largest absolute Gasteiger partial charge is 0.346 e. The van der Waals surface area contributed by atoms with Crippen molar-refractivity contribution in [3.05, 3.63) is 5.69 Å². The molecule has 1 atom stereocenters. The van der Waals surface area contributed by atoms with Crippen LogP contribution in [-0.2, 0) is 18.3 Å². The molecule has 0 spiro atoms. The van der Waals surface area contributed by atoms with E-state index in [-0.39, 0.29) is 11.9 Å². The number of fused-ring (bicyclic) bond motifs is 1. The predicted octanol–water partition coefficient (Wildman–Crippen LogP) is 0.759. The van der Waals surface area contributed by atoms with E-state index in [1.54, 1.807) is 0 Å². The maximum Gasteiger partial charge on any atom is 0.246 e. The van der Waals surface area contributed by atoms with Crippen molar-refractivity contribution in [2.24, 2.45) is 7.05 Å². The molecule has 2 rings (SSSR count). The Morgan fingerprint density at radius 2 is 2.13 bits per heavy atom. The summed E-state index contributed by atoms with van der Waals surface area (Å²) in [5.41, 5.74) is 1.81. The van der Waals surface area contributed by atoms with Crippen LogP contribution in [0.25, 0.3) is 0 Å². The summed E-state index contributed by atoms with van der Waals surface area (Å²) in [5.74, 6) is 1.02. The van der Waals surface area contributed by atoms with Gasteiger partial charge in [0.05, 0.1) is 5.69 Å². The van der Waals surface area contributed by atoms with Crippen molar-refractivity contribution in [3.8, 4) is 0 Å². The molecule has 82 valence electrons. The van der Waals surface area contributed by atoms with Crippen LogP contribution >= 0.6 is 0 Å². The Labute approximate surface area is 89.1 Å². The lowest BCUT2D eigenvalue weighted by Gasteiger charge is -2.31. The van der Waals surface area contributed by atoms with Gasteiger partial charge >= 0.3 is 0 Å². The third-order valence-corrected chi connectivity index (χ3v) is 2.97. The van der Waals surface area contributed by atoms with Gasteiger partial charge in [-0.05, 0) is 13.3 Å². The van der Waals surface area contributed by atoms with Crippen LogP contribution in [0.5, 0.6) is 0 Å². The van der Waals surface area contributed by atoms with E-state index in [2.05, 4.69) is 10.4 Å². The minimum atomic E-state index is -0.141. The molecular weight excluding hydrogens is 192 g/mol. The first-order valence-electron chi connectivity index (χ1n) is 5.15. The molecule has 1 unspecified atom stereocenters. The minimum absolute atomic E-state index is 0.0349. The molecule has 5 heteroatoms. The van der Waals surface area contributed by atoms with Crippen LogP contribution in [0.2, 0.25) is 0 Å². The van der Waals surface area contributed by atoms with Crippen molar-refractivity contribution < 1.29 is 4.79 Å². The summed E-state index contributed by atoms with van der Waals surface area (Å²) in [6.07, 6.45) is 0.825. The van der Waals surface area contributed by atoms with E-state index in [1.165, 1.54) is 0 Å². The lowest BCUT2D eigenvalue weighted by Crippen LogP contribution is -2.44. The average molecular weight is 208 g/mol. The lowest BCUT2D eigenvalue weighted by molar-refractivity contribution is -0.117. The number of hydrogen-bond donors (Lipinski definition) is 1. The smallest absolute Gasteiger partial charge is 0.246 e. The number of likely N-dealkylation sites (N-methyl/N-ethyl adjacent to an activating group) is 1. The summed E-state index contributed by atoms with van der Waals surface area (Å²) in [6.45, 7) is 3.92. The van der Waals surface area contributed by atoms with Gasteiger partial charge in [-0.15, -0.1) is 0 Å². The number of carbonyl (C=O) groups is 1. The molecule has 5 nitrogen and oxygen atoms in total. The van der Waals surface area contributed by atoms with Crippen LogP contribution in [0.3, 0.4) is 0 Å². The van der Waals surface area contributed by atoms with Crippen molar-refractivity contribution >= 4 is 17.4 Å². The third kappa shape index (κ3) is 1.30. The molecule has 1 amide bonds. The zero-order chi connectivity index (χ0) is 11.2. The van der Waals surface area contributed by atoms with E-state index in [1.807, 2.05) is 37.5 Å². The van der Waals surface area contributed by atoms with Crippen LogP contribution in [0.15, 0.2) is 0 Å². The minimum Gasteiger partial charge on any atom is -0.346 e. The molecule has 0 saturated carbocycles. The Hall–Kier alpha value is -1.52. The van der Waals surface area contributed by atoms with Crippen LogP contribution in [0, 0.1) is 0 Å². The molecule has 0 aromatic carbocycles. The summed E-state index contributed by atoms with van der Waals surface area (Å²) in [6, 6.07) is -0.141. The number of carbonyl (C=O) groups excluding carboxylic acids is 1. The van der Waals surface area contributed by atoms with E-state index in [9.17, 15) is 4.79 Å². The molecule has 1 aromatic heterocycles. The summed E-state index contributed by atoms with van der Waals surface area (Å²) in [5, 5.41) is 7.31. The fraction of sp³-hybridized carbons (Fsp3) is 0.600. The van der Waals surface area contributed by atoms with Gasteiger partial charge in [-0.1, -0.05) is 6.92 Å². The van der Waals surface area contributed by atoms with E-state index < -0.39 is 0 Å². The van der Waals surface area contributed by atoms with Gasteiger partial charge < -0.3 is 10.2 Å². The lowest BCUT2D eigenvalue weighted by atomic mass is 10.1. The van der Waals surface area contributed by atoms with Crippen LogP contribution < -0.4 is 10.2 Å². The predicted molar refractivity (Wildman–Crippen MR) is 59.1 cm³/mol. The number of anilines is 2. The molecule has 0 saturated heterocycles. The van der Waals surface area contributed by atoms with E-state index in [0.717, 1.165) is 23.6 Å². The number of aromatic nitrogens is 2. The van der Waals surface area contributed by atoms with Crippen LogP contribution in [0.4, 0.5) is 11.5 Å². The highest BCUT2D eigenvalue weighted by atomic mass is 16.2. The summed E-state index contributed by atoms with van der Waals surface area (Å²) in [4.78, 5) is 13.6. The number of nitrogens with zero attached hydrogens (tertiary/aromatic N) is 3. The topological polar surface area (TPSA) is 50.2 Å². The Morgan fingerprint density at radius 3 is 2.73 bits per heavy atom. The highest BCUT2D eigenvalue weighted by Gasteiger charge is 2.31.